The fourth-order valence-electron chi connectivity index (χ4n) is 5.97. The largest absolute Gasteiger partial charge is 0.419 e. The number of hydrogen-bond acceptors (Lipinski definition) is 5. The molecule has 35 heavy (non-hydrogen) atoms. The molecule has 0 bridgehead atoms. The van der Waals surface area contributed by atoms with Crippen LogP contribution in [0.25, 0.3) is 0 Å². The first-order valence-electron chi connectivity index (χ1n) is 12.1. The molecular weight excluding hydrogens is 457 g/mol. The predicted octanol–water partition coefficient (Wildman–Crippen LogP) is 3.77. The molecule has 2 saturated heterocycles. The summed E-state index contributed by atoms with van der Waals surface area (Å²) in [5.41, 5.74) is 0.798. The molecule has 1 aromatic carbocycles. The maximum Gasteiger partial charge on any atom is 0.419 e. The molecule has 10 heteroatoms. The lowest BCUT2D eigenvalue weighted by molar-refractivity contribution is -0.138. The molecule has 5 rings (SSSR count). The molecule has 3 aliphatic rings. The van der Waals surface area contributed by atoms with E-state index in [4.69, 9.17) is 0 Å². The third-order valence-electron chi connectivity index (χ3n) is 7.46. The first-order chi connectivity index (χ1) is 16.6. The summed E-state index contributed by atoms with van der Waals surface area (Å²) in [5.74, 6) is 0.253. The van der Waals surface area contributed by atoms with Gasteiger partial charge in [0.1, 0.15) is 0 Å². The molecule has 1 aliphatic carbocycles. The number of halogens is 3. The summed E-state index contributed by atoms with van der Waals surface area (Å²) in [4.78, 5) is 27.0. The second-order valence-electron chi connectivity index (χ2n) is 10.5. The van der Waals surface area contributed by atoms with Crippen LogP contribution in [0.3, 0.4) is 0 Å². The fourth-order valence-corrected chi connectivity index (χ4v) is 5.97. The zero-order valence-corrected chi connectivity index (χ0v) is 20.0. The Hall–Kier alpha value is -2.88. The Labute approximate surface area is 203 Å². The van der Waals surface area contributed by atoms with Crippen molar-refractivity contribution in [3.05, 3.63) is 53.9 Å². The van der Waals surface area contributed by atoms with Gasteiger partial charge in [-0.25, -0.2) is 14.8 Å². The van der Waals surface area contributed by atoms with E-state index in [9.17, 15) is 18.0 Å². The van der Waals surface area contributed by atoms with Crippen LogP contribution in [0.5, 0.6) is 0 Å². The van der Waals surface area contributed by atoms with E-state index < -0.39 is 11.7 Å². The lowest BCUT2D eigenvalue weighted by Gasteiger charge is -2.59. The van der Waals surface area contributed by atoms with Gasteiger partial charge in [-0.3, -0.25) is 4.90 Å². The molecule has 1 saturated carbocycles. The summed E-state index contributed by atoms with van der Waals surface area (Å²) >= 11 is 0. The summed E-state index contributed by atoms with van der Waals surface area (Å²) < 4.78 is 38.4. The predicted molar refractivity (Wildman–Crippen MR) is 126 cm³/mol. The number of hydrogen-bond donors (Lipinski definition) is 1. The minimum atomic E-state index is -4.46. The number of amides is 2. The fraction of sp³-hybridized carbons (Fsp3) is 0.560. The lowest BCUT2D eigenvalue weighted by Crippen LogP contribution is -2.68. The topological polar surface area (TPSA) is 64.6 Å². The van der Waals surface area contributed by atoms with Crippen molar-refractivity contribution in [1.82, 2.24) is 25.1 Å². The number of alkyl halides is 3. The van der Waals surface area contributed by atoms with Crippen LogP contribution in [0.1, 0.15) is 37.8 Å². The Morgan fingerprint density at radius 1 is 1.06 bits per heavy atom. The number of nitrogens with one attached hydrogen (secondary N) is 1. The van der Waals surface area contributed by atoms with E-state index >= 15 is 0 Å². The van der Waals surface area contributed by atoms with E-state index in [-0.39, 0.29) is 30.1 Å². The minimum Gasteiger partial charge on any atom is -0.337 e. The summed E-state index contributed by atoms with van der Waals surface area (Å²) in [6, 6.07) is 10.4. The molecule has 7 nitrogen and oxygen atoms in total. The van der Waals surface area contributed by atoms with Gasteiger partial charge in [0.2, 0.25) is 5.95 Å². The van der Waals surface area contributed by atoms with Gasteiger partial charge in [-0.05, 0) is 37.7 Å². The number of piperazine rings is 1. The Kier molecular flexibility index (Phi) is 6.11. The molecule has 2 aliphatic heterocycles. The van der Waals surface area contributed by atoms with Crippen LogP contribution in [0.4, 0.5) is 23.9 Å². The van der Waals surface area contributed by atoms with Gasteiger partial charge < -0.3 is 15.1 Å². The van der Waals surface area contributed by atoms with Gasteiger partial charge in [0.15, 0.2) is 0 Å². The zero-order valence-electron chi connectivity index (χ0n) is 20.0. The minimum absolute atomic E-state index is 0.0710. The van der Waals surface area contributed by atoms with Crippen LogP contribution >= 0.6 is 0 Å². The monoisotopic (exact) mass is 488 g/mol. The van der Waals surface area contributed by atoms with E-state index in [0.29, 0.717) is 18.5 Å². The molecule has 1 aromatic heterocycles. The highest BCUT2D eigenvalue weighted by Crippen LogP contribution is 2.48. The number of aromatic nitrogens is 2. The Bertz CT molecular complexity index is 1020. The lowest BCUT2D eigenvalue weighted by atomic mass is 9.60. The number of urea groups is 1. The Morgan fingerprint density at radius 2 is 1.66 bits per heavy atom. The van der Waals surface area contributed by atoms with Gasteiger partial charge >= 0.3 is 12.2 Å². The van der Waals surface area contributed by atoms with E-state index in [0.717, 1.165) is 44.9 Å². The molecule has 0 radical (unpaired) electrons. The van der Waals surface area contributed by atoms with Crippen molar-refractivity contribution in [2.75, 3.05) is 31.1 Å². The van der Waals surface area contributed by atoms with Gasteiger partial charge in [-0.2, -0.15) is 13.2 Å². The standard InChI is InChI=1S/C25H31F3N6O/c1-17-12-33(22-29-10-20(11-30-22)25(26,27)28)13-18(2)34(17)23(35)31-21-8-24(9-21)15-32(16-24)14-19-6-4-3-5-7-19/h3-7,10-11,17-18,21H,8-9,12-16H2,1-2H3,(H,31,35)/t17-,18-/m1/s1. The molecule has 2 atom stereocenters. The molecule has 2 amide bonds. The molecule has 188 valence electrons. The van der Waals surface area contributed by atoms with Crippen LogP contribution < -0.4 is 10.2 Å². The van der Waals surface area contributed by atoms with Crippen molar-refractivity contribution in [1.29, 1.82) is 0 Å². The van der Waals surface area contributed by atoms with Crippen LogP contribution in [-0.4, -0.2) is 70.1 Å². The van der Waals surface area contributed by atoms with Crippen molar-refractivity contribution >= 4 is 12.0 Å². The first kappa shape index (κ1) is 23.8. The third-order valence-corrected chi connectivity index (χ3v) is 7.46. The van der Waals surface area contributed by atoms with Crippen LogP contribution in [0.2, 0.25) is 0 Å². The first-order valence-corrected chi connectivity index (χ1v) is 12.1. The summed E-state index contributed by atoms with van der Waals surface area (Å²) in [5, 5.41) is 3.21. The second-order valence-corrected chi connectivity index (χ2v) is 10.5. The Morgan fingerprint density at radius 3 is 2.23 bits per heavy atom. The Balaban J connectivity index is 1.09. The number of anilines is 1. The van der Waals surface area contributed by atoms with E-state index in [1.54, 1.807) is 0 Å². The van der Waals surface area contributed by atoms with E-state index in [1.807, 2.05) is 29.7 Å². The molecule has 3 fully saturated rings. The average Bonchev–Trinajstić information content (AvgIpc) is 2.76. The number of carbonyl (C=O) groups excluding carboxylic acids is 1. The second kappa shape index (κ2) is 8.96. The zero-order chi connectivity index (χ0) is 24.8. The van der Waals surface area contributed by atoms with E-state index in [1.165, 1.54) is 5.56 Å². The summed E-state index contributed by atoms with van der Waals surface area (Å²) in [7, 11) is 0. The quantitative estimate of drug-likeness (QED) is 0.710. The maximum absolute atomic E-state index is 13.1. The van der Waals surface area contributed by atoms with Crippen LogP contribution in [0, 0.1) is 5.41 Å². The third kappa shape index (κ3) is 4.94. The normalized spacial score (nSPS) is 24.7. The molecule has 2 aromatic rings. The van der Waals surface area contributed by atoms with E-state index in [2.05, 4.69) is 44.5 Å². The molecule has 3 heterocycles. The number of nitrogens with zero attached hydrogens (tertiary/aromatic N) is 5. The summed E-state index contributed by atoms with van der Waals surface area (Å²) in [6.45, 7) is 7.95. The van der Waals surface area contributed by atoms with Crippen LogP contribution in [-0.2, 0) is 12.7 Å². The van der Waals surface area contributed by atoms with Gasteiger partial charge in [0.25, 0.3) is 0 Å². The highest BCUT2D eigenvalue weighted by atomic mass is 19.4. The van der Waals surface area contributed by atoms with Gasteiger partial charge in [-0.1, -0.05) is 30.3 Å². The molecule has 1 spiro atoms. The molecule has 0 unspecified atom stereocenters. The molecular formula is C25H31F3N6O. The van der Waals surface area contributed by atoms with Crippen molar-refractivity contribution < 1.29 is 18.0 Å². The number of benzene rings is 1. The SMILES string of the molecule is C[C@@H]1CN(c2ncc(C(F)(F)F)cn2)C[C@@H](C)N1C(=O)NC1CC2(C1)CN(Cc1ccccc1)C2. The van der Waals surface area contributed by atoms with Crippen LogP contribution in [0.15, 0.2) is 42.7 Å². The maximum atomic E-state index is 13.1. The highest BCUT2D eigenvalue weighted by Gasteiger charge is 2.52. The van der Waals surface area contributed by atoms with Gasteiger partial charge in [0, 0.05) is 63.2 Å². The van der Waals surface area contributed by atoms with Gasteiger partial charge in [0.05, 0.1) is 5.56 Å². The average molecular weight is 489 g/mol. The number of likely N-dealkylation sites (tertiary alicyclic amines) is 1. The summed E-state index contributed by atoms with van der Waals surface area (Å²) in [6.07, 6.45) is -0.830. The number of carbonyl (C=O) groups is 1. The van der Waals surface area contributed by atoms with Gasteiger partial charge in [-0.15, -0.1) is 0 Å². The number of rotatable bonds is 4. The van der Waals surface area contributed by atoms with Crippen molar-refractivity contribution in [3.8, 4) is 0 Å². The van der Waals surface area contributed by atoms with Crippen molar-refractivity contribution in [2.24, 2.45) is 5.41 Å². The molecule has 1 N–H and O–H groups in total. The van der Waals surface area contributed by atoms with Crippen molar-refractivity contribution in [2.45, 2.75) is 57.5 Å². The van der Waals surface area contributed by atoms with Crippen molar-refractivity contribution in [3.63, 3.8) is 0 Å². The smallest absolute Gasteiger partial charge is 0.337 e. The highest BCUT2D eigenvalue weighted by molar-refractivity contribution is 5.76.